The topological polar surface area (TPSA) is 391 Å². The normalized spacial score (nSPS) is 10.9. The molecule has 100 heavy (non-hydrogen) atoms. The van der Waals surface area contributed by atoms with E-state index in [1.165, 1.54) is 11.1 Å². The maximum Gasteiger partial charge on any atom is 0.268 e. The molecule has 0 N–H and O–H groups in total. The SMILES string of the molecule is Cc1ccc(-c2ccc(C)cn2)nc1.Cc1cccc(-c2cccc(C)n2)n1.Cc1nc2cc3nc(C)oc3nc2o1.Cc1nc2nc3nc(C)[n-]c3cc2[n-]1.Cc1nc2nc3nc(C)oc3cc2o1.Cc1nc2nc3oc(C)nc3cc2o1.Cc1nc2nc3oc(C)nc3nc2o1.[W].[W]. The molecule has 19 aromatic heterocycles. The standard InChI is InChI=1S/2C12H12N2.C9H7N5.3C9H7N3O2.C8H6N4O2.2W/c1-9-3-5-11(13-7-9)12-6-4-10(2)8-14-12;1-9-5-3-7-11(13-9)12-8-4-6-10(2)14-12;1-4-10-6-3-7-9(13-5(2)11-7)14-8(6)12-4;1-4-10-6-3-7-8(11-5(2)13-7)12-9(6)14-4;1-4-10-8-6(13-4)3-7-9(12-8)11-5(2)14-7;1-4-10-6-3-7-9(12-8(6)13-4)14-5(2)11-7;1-3-9-5-7(13-3)12-6-8(11-5)14-4(2)10-6;;/h2*3-8H,1-2H3;4*3H,1-2H3;1-2H3;;/q;;-2;;;;;;. The van der Waals surface area contributed by atoms with Gasteiger partial charge in [0.1, 0.15) is 16.6 Å². The van der Waals surface area contributed by atoms with E-state index in [-0.39, 0.29) is 42.1 Å². The van der Waals surface area contributed by atoms with Crippen molar-refractivity contribution in [2.75, 3.05) is 0 Å². The summed E-state index contributed by atoms with van der Waals surface area (Å²) in [4.78, 5) is 92.3. The van der Waals surface area contributed by atoms with Gasteiger partial charge >= 0.3 is 0 Å². The molecule has 0 atom stereocenters. The smallest absolute Gasteiger partial charge is 0.268 e. The molecule has 0 aliphatic carbocycles. The zero-order valence-corrected chi connectivity index (χ0v) is 62.0. The van der Waals surface area contributed by atoms with Gasteiger partial charge in [-0.2, -0.15) is 44.9 Å². The molecule has 0 spiro atoms. The van der Waals surface area contributed by atoms with Crippen LogP contribution >= 0.6 is 0 Å². The maximum absolute atomic E-state index is 5.33. The van der Waals surface area contributed by atoms with Gasteiger partial charge in [-0.3, -0.25) is 24.9 Å². The number of aryl methyl sites for hydroxylation is 14. The van der Waals surface area contributed by atoms with Crippen LogP contribution in [0.25, 0.3) is 135 Å². The van der Waals surface area contributed by atoms with Gasteiger partial charge in [-0.1, -0.05) is 42.0 Å². The molecule has 502 valence electrons. The van der Waals surface area contributed by atoms with E-state index in [1.807, 2.05) is 127 Å². The molecule has 0 amide bonds. The van der Waals surface area contributed by atoms with E-state index in [0.717, 1.165) is 56.8 Å². The number of nitrogens with zero attached hydrogens (tertiary/aromatic N) is 22. The third-order valence-corrected chi connectivity index (χ3v) is 13.9. The van der Waals surface area contributed by atoms with Crippen molar-refractivity contribution in [3.05, 3.63) is 179 Å². The summed E-state index contributed by atoms with van der Waals surface area (Å²) in [5.74, 6) is 6.10. The van der Waals surface area contributed by atoms with Crippen LogP contribution in [0.5, 0.6) is 0 Å². The molecular weight excluding hydrogens is 1620 g/mol. The molecule has 0 aliphatic heterocycles. The summed E-state index contributed by atoms with van der Waals surface area (Å²) in [7, 11) is 0. The van der Waals surface area contributed by atoms with Crippen LogP contribution in [0.2, 0.25) is 0 Å². The van der Waals surface area contributed by atoms with Crippen LogP contribution in [0.1, 0.15) is 81.3 Å². The molecule has 19 aromatic rings. The van der Waals surface area contributed by atoms with E-state index in [2.05, 4.69) is 110 Å². The fourth-order valence-electron chi connectivity index (χ4n) is 9.71. The molecule has 0 aliphatic rings. The van der Waals surface area contributed by atoms with Crippen molar-refractivity contribution in [1.29, 1.82) is 0 Å². The predicted octanol–water partition coefficient (Wildman–Crippen LogP) is 13.5. The van der Waals surface area contributed by atoms with Crippen molar-refractivity contribution >= 4 is 112 Å². The van der Waals surface area contributed by atoms with Gasteiger partial charge in [-0.05, 0) is 100 Å². The first-order valence-corrected chi connectivity index (χ1v) is 30.4. The number of hydrogen-bond acceptors (Lipinski definition) is 28. The van der Waals surface area contributed by atoms with Crippen LogP contribution in [0.4, 0.5) is 0 Å². The number of pyridine rings is 8. The van der Waals surface area contributed by atoms with Gasteiger partial charge in [0, 0.05) is 140 Å². The molecule has 19 rings (SSSR count). The second-order valence-electron chi connectivity index (χ2n) is 22.2. The van der Waals surface area contributed by atoms with Crippen LogP contribution in [-0.2, 0) is 42.1 Å². The first-order valence-electron chi connectivity index (χ1n) is 30.4. The summed E-state index contributed by atoms with van der Waals surface area (Å²) in [5.41, 5.74) is 19.9. The number of imidazole rings is 2. The first kappa shape index (κ1) is 69.7. The summed E-state index contributed by atoms with van der Waals surface area (Å²) in [6.45, 7) is 25.9. The van der Waals surface area contributed by atoms with Crippen LogP contribution < -0.4 is 9.97 Å². The molecule has 0 saturated heterocycles. The Hall–Kier alpha value is -11.6. The summed E-state index contributed by atoms with van der Waals surface area (Å²) >= 11 is 0. The molecular formula is C68H58N22O8W2-2. The van der Waals surface area contributed by atoms with E-state index in [1.54, 1.807) is 67.5 Å². The summed E-state index contributed by atoms with van der Waals surface area (Å²) in [5, 5.41) is 0. The maximum atomic E-state index is 5.33. The van der Waals surface area contributed by atoms with Crippen LogP contribution in [0.3, 0.4) is 0 Å². The Bertz CT molecular complexity index is 4810. The minimum Gasteiger partial charge on any atom is -0.439 e. The molecule has 0 unspecified atom stereocenters. The Morgan fingerprint density at radius 2 is 0.610 bits per heavy atom. The Morgan fingerprint density at radius 3 is 1.03 bits per heavy atom. The quantitative estimate of drug-likeness (QED) is 0.155. The monoisotopic (exact) mass is 1680 g/mol. The number of oxazole rings is 8. The Morgan fingerprint density at radius 1 is 0.260 bits per heavy atom. The Kier molecular flexibility index (Phi) is 20.6. The summed E-state index contributed by atoms with van der Waals surface area (Å²) in [6.07, 6.45) is 3.72. The Balaban J connectivity index is 0.000000117. The van der Waals surface area contributed by atoms with Crippen LogP contribution in [0, 0.1) is 96.9 Å². The van der Waals surface area contributed by atoms with Crippen molar-refractivity contribution < 1.29 is 77.5 Å². The average Bonchev–Trinajstić information content (AvgIpc) is 1.68. The second-order valence-corrected chi connectivity index (χ2v) is 22.2. The van der Waals surface area contributed by atoms with Gasteiger partial charge in [-0.25, -0.2) is 19.9 Å². The molecule has 19 heterocycles. The third kappa shape index (κ3) is 16.3. The first-order chi connectivity index (χ1) is 47.1. The number of hydrogen-bond donors (Lipinski definition) is 0. The fraction of sp³-hybridized carbons (Fsp3) is 0.206. The number of aromatic nitrogens is 22. The van der Waals surface area contributed by atoms with Crippen molar-refractivity contribution in [1.82, 2.24) is 110 Å². The molecule has 32 heteroatoms. The Labute approximate surface area is 594 Å². The molecule has 0 aromatic carbocycles. The molecule has 0 bridgehead atoms. The number of fused-ring (bicyclic) bond motifs is 10. The second kappa shape index (κ2) is 29.6. The van der Waals surface area contributed by atoms with Gasteiger partial charge in [0.15, 0.2) is 63.9 Å². The molecule has 0 saturated carbocycles. The summed E-state index contributed by atoms with van der Waals surface area (Å²) in [6, 6.07) is 27.2. The average molecular weight is 1680 g/mol. The van der Waals surface area contributed by atoms with Crippen LogP contribution in [-0.4, -0.2) is 99.7 Å². The van der Waals surface area contributed by atoms with E-state index in [4.69, 9.17) is 35.3 Å². The third-order valence-electron chi connectivity index (χ3n) is 13.9. The minimum atomic E-state index is 0. The van der Waals surface area contributed by atoms with Gasteiger partial charge < -0.3 is 55.3 Å². The zero-order valence-electron chi connectivity index (χ0n) is 56.2. The van der Waals surface area contributed by atoms with E-state index in [0.29, 0.717) is 149 Å². The van der Waals surface area contributed by atoms with Crippen molar-refractivity contribution in [2.24, 2.45) is 0 Å². The van der Waals surface area contributed by atoms with Gasteiger partial charge in [0.05, 0.1) is 34.1 Å². The zero-order chi connectivity index (χ0) is 68.5. The van der Waals surface area contributed by atoms with Gasteiger partial charge in [0.25, 0.3) is 11.4 Å². The van der Waals surface area contributed by atoms with Gasteiger partial charge in [0.2, 0.25) is 45.4 Å². The van der Waals surface area contributed by atoms with Crippen LogP contribution in [0.15, 0.2) is 133 Å². The fourth-order valence-corrected chi connectivity index (χ4v) is 9.71. The van der Waals surface area contributed by atoms with E-state index in [9.17, 15) is 0 Å². The molecule has 30 nitrogen and oxygen atoms in total. The van der Waals surface area contributed by atoms with Crippen molar-refractivity contribution in [3.8, 4) is 22.8 Å². The predicted molar refractivity (Wildman–Crippen MR) is 358 cm³/mol. The largest absolute Gasteiger partial charge is 0.439 e. The van der Waals surface area contributed by atoms with Gasteiger partial charge in [-0.15, -0.1) is 0 Å². The summed E-state index contributed by atoms with van der Waals surface area (Å²) < 4.78 is 42.2. The van der Waals surface area contributed by atoms with Crippen molar-refractivity contribution in [3.63, 3.8) is 0 Å². The van der Waals surface area contributed by atoms with E-state index < -0.39 is 0 Å². The molecule has 0 fully saturated rings. The van der Waals surface area contributed by atoms with E-state index >= 15 is 0 Å². The molecule has 0 radical (unpaired) electrons. The number of rotatable bonds is 2. The van der Waals surface area contributed by atoms with Crippen molar-refractivity contribution in [2.45, 2.75) is 96.9 Å². The minimum absolute atomic E-state index is 0.